The third-order valence-electron chi connectivity index (χ3n) is 3.15. The van der Waals surface area contributed by atoms with Gasteiger partial charge in [0.05, 0.1) is 27.4 Å². The minimum Gasteiger partial charge on any atom is -0.497 e. The SMILES string of the molecule is COC(=O)c1ccc(OC)cc1OCCCOc1ccccc1. The van der Waals surface area contributed by atoms with Gasteiger partial charge in [-0.1, -0.05) is 18.2 Å². The molecule has 0 aliphatic rings. The summed E-state index contributed by atoms with van der Waals surface area (Å²) in [5, 5.41) is 0. The summed E-state index contributed by atoms with van der Waals surface area (Å²) in [6, 6.07) is 14.6. The number of carbonyl (C=O) groups excluding carboxylic acids is 1. The van der Waals surface area contributed by atoms with Crippen LogP contribution in [0.5, 0.6) is 17.2 Å². The Bertz CT molecular complexity index is 625. The molecule has 23 heavy (non-hydrogen) atoms. The predicted octanol–water partition coefficient (Wildman–Crippen LogP) is 3.33. The van der Waals surface area contributed by atoms with Crippen LogP contribution >= 0.6 is 0 Å². The Balaban J connectivity index is 1.87. The normalized spacial score (nSPS) is 10.0. The highest BCUT2D eigenvalue weighted by molar-refractivity contribution is 5.92. The van der Waals surface area contributed by atoms with Crippen LogP contribution in [0.2, 0.25) is 0 Å². The number of hydrogen-bond acceptors (Lipinski definition) is 5. The molecular formula is C18H20O5. The van der Waals surface area contributed by atoms with Crippen LogP contribution in [0.25, 0.3) is 0 Å². The van der Waals surface area contributed by atoms with Gasteiger partial charge in [-0.25, -0.2) is 4.79 Å². The second-order valence-corrected chi connectivity index (χ2v) is 4.72. The minimum atomic E-state index is -0.441. The monoisotopic (exact) mass is 316 g/mol. The first-order valence-electron chi connectivity index (χ1n) is 7.31. The molecule has 0 amide bonds. The molecule has 2 aromatic carbocycles. The summed E-state index contributed by atoms with van der Waals surface area (Å²) in [7, 11) is 2.90. The van der Waals surface area contributed by atoms with Gasteiger partial charge in [0.2, 0.25) is 0 Å². The Morgan fingerprint density at radius 2 is 1.65 bits per heavy atom. The van der Waals surface area contributed by atoms with E-state index in [4.69, 9.17) is 18.9 Å². The Morgan fingerprint density at radius 3 is 2.35 bits per heavy atom. The fourth-order valence-corrected chi connectivity index (χ4v) is 1.98. The molecule has 122 valence electrons. The lowest BCUT2D eigenvalue weighted by Crippen LogP contribution is -2.09. The topological polar surface area (TPSA) is 54.0 Å². The number of ether oxygens (including phenoxy) is 4. The molecule has 5 nitrogen and oxygen atoms in total. The molecular weight excluding hydrogens is 296 g/mol. The standard InChI is InChI=1S/C18H20O5/c1-20-15-9-10-16(18(19)21-2)17(13-15)23-12-6-11-22-14-7-4-3-5-8-14/h3-5,7-10,13H,6,11-12H2,1-2H3. The van der Waals surface area contributed by atoms with Crippen LogP contribution in [0.1, 0.15) is 16.8 Å². The van der Waals surface area contributed by atoms with Gasteiger partial charge in [0.25, 0.3) is 0 Å². The lowest BCUT2D eigenvalue weighted by Gasteiger charge is -2.12. The molecule has 0 saturated carbocycles. The zero-order valence-corrected chi connectivity index (χ0v) is 13.3. The van der Waals surface area contributed by atoms with Crippen molar-refractivity contribution in [3.8, 4) is 17.2 Å². The number of para-hydroxylation sites is 1. The smallest absolute Gasteiger partial charge is 0.341 e. The van der Waals surface area contributed by atoms with Crippen molar-refractivity contribution in [2.75, 3.05) is 27.4 Å². The predicted molar refractivity (Wildman–Crippen MR) is 86.4 cm³/mol. The number of rotatable bonds is 8. The van der Waals surface area contributed by atoms with E-state index in [1.807, 2.05) is 30.3 Å². The number of benzene rings is 2. The van der Waals surface area contributed by atoms with Crippen molar-refractivity contribution in [3.63, 3.8) is 0 Å². The molecule has 0 atom stereocenters. The first kappa shape index (κ1) is 16.7. The summed E-state index contributed by atoms with van der Waals surface area (Å²) in [4.78, 5) is 11.7. The van der Waals surface area contributed by atoms with Crippen molar-refractivity contribution in [1.29, 1.82) is 0 Å². The maximum atomic E-state index is 11.7. The maximum absolute atomic E-state index is 11.7. The van der Waals surface area contributed by atoms with Gasteiger partial charge < -0.3 is 18.9 Å². The molecule has 0 saturated heterocycles. The van der Waals surface area contributed by atoms with Gasteiger partial charge >= 0.3 is 5.97 Å². The fraction of sp³-hybridized carbons (Fsp3) is 0.278. The summed E-state index contributed by atoms with van der Waals surface area (Å²) in [6.45, 7) is 0.950. The summed E-state index contributed by atoms with van der Waals surface area (Å²) < 4.78 is 21.2. The molecule has 0 spiro atoms. The molecule has 0 unspecified atom stereocenters. The van der Waals surface area contributed by atoms with Gasteiger partial charge in [0.15, 0.2) is 0 Å². The zero-order chi connectivity index (χ0) is 16.5. The van der Waals surface area contributed by atoms with Gasteiger partial charge in [-0.2, -0.15) is 0 Å². The van der Waals surface area contributed by atoms with E-state index in [0.29, 0.717) is 36.7 Å². The van der Waals surface area contributed by atoms with Crippen LogP contribution in [0.15, 0.2) is 48.5 Å². The second kappa shape index (κ2) is 8.68. The Kier molecular flexibility index (Phi) is 6.29. The van der Waals surface area contributed by atoms with Crippen LogP contribution < -0.4 is 14.2 Å². The average Bonchev–Trinajstić information content (AvgIpc) is 2.61. The van der Waals surface area contributed by atoms with E-state index in [1.165, 1.54) is 7.11 Å². The van der Waals surface area contributed by atoms with Crippen molar-refractivity contribution < 1.29 is 23.7 Å². The summed E-state index contributed by atoms with van der Waals surface area (Å²) in [6.07, 6.45) is 0.687. The molecule has 0 fully saturated rings. The molecule has 0 aromatic heterocycles. The number of esters is 1. The molecule has 5 heteroatoms. The van der Waals surface area contributed by atoms with E-state index >= 15 is 0 Å². The van der Waals surface area contributed by atoms with Crippen LogP contribution in [0.3, 0.4) is 0 Å². The summed E-state index contributed by atoms with van der Waals surface area (Å²) >= 11 is 0. The van der Waals surface area contributed by atoms with E-state index in [2.05, 4.69) is 0 Å². The fourth-order valence-electron chi connectivity index (χ4n) is 1.98. The van der Waals surface area contributed by atoms with Gasteiger partial charge in [0.1, 0.15) is 22.8 Å². The van der Waals surface area contributed by atoms with Crippen LogP contribution in [0.4, 0.5) is 0 Å². The summed E-state index contributed by atoms with van der Waals surface area (Å²) in [5.74, 6) is 1.44. The zero-order valence-electron chi connectivity index (χ0n) is 13.3. The number of hydrogen-bond donors (Lipinski definition) is 0. The average molecular weight is 316 g/mol. The first-order valence-corrected chi connectivity index (χ1v) is 7.31. The van der Waals surface area contributed by atoms with Crippen LogP contribution in [0, 0.1) is 0 Å². The molecule has 0 heterocycles. The first-order chi connectivity index (χ1) is 11.2. The van der Waals surface area contributed by atoms with Gasteiger partial charge in [0, 0.05) is 12.5 Å². The van der Waals surface area contributed by atoms with Gasteiger partial charge in [-0.05, 0) is 24.3 Å². The van der Waals surface area contributed by atoms with Crippen LogP contribution in [-0.4, -0.2) is 33.4 Å². The van der Waals surface area contributed by atoms with E-state index in [0.717, 1.165) is 5.75 Å². The number of methoxy groups -OCH3 is 2. The molecule has 0 N–H and O–H groups in total. The molecule has 0 bridgehead atoms. The quantitative estimate of drug-likeness (QED) is 0.552. The van der Waals surface area contributed by atoms with E-state index in [9.17, 15) is 4.79 Å². The second-order valence-electron chi connectivity index (χ2n) is 4.72. The third-order valence-corrected chi connectivity index (χ3v) is 3.15. The van der Waals surface area contributed by atoms with E-state index in [1.54, 1.807) is 25.3 Å². The highest BCUT2D eigenvalue weighted by Gasteiger charge is 2.14. The molecule has 2 rings (SSSR count). The van der Waals surface area contributed by atoms with Crippen LogP contribution in [-0.2, 0) is 4.74 Å². The Labute approximate surface area is 135 Å². The maximum Gasteiger partial charge on any atom is 0.341 e. The lowest BCUT2D eigenvalue weighted by molar-refractivity contribution is 0.0595. The largest absolute Gasteiger partial charge is 0.497 e. The third kappa shape index (κ3) is 4.92. The highest BCUT2D eigenvalue weighted by atomic mass is 16.5. The van der Waals surface area contributed by atoms with Gasteiger partial charge in [-0.15, -0.1) is 0 Å². The molecule has 0 radical (unpaired) electrons. The minimum absolute atomic E-state index is 0.372. The van der Waals surface area contributed by atoms with E-state index < -0.39 is 5.97 Å². The summed E-state index contributed by atoms with van der Waals surface area (Å²) in [5.41, 5.74) is 0.372. The molecule has 0 aliphatic heterocycles. The van der Waals surface area contributed by atoms with Crippen molar-refractivity contribution in [2.24, 2.45) is 0 Å². The van der Waals surface area contributed by atoms with Crippen molar-refractivity contribution >= 4 is 5.97 Å². The van der Waals surface area contributed by atoms with Crippen molar-refractivity contribution in [1.82, 2.24) is 0 Å². The number of carbonyl (C=O) groups is 1. The van der Waals surface area contributed by atoms with Crippen molar-refractivity contribution in [2.45, 2.75) is 6.42 Å². The van der Waals surface area contributed by atoms with Gasteiger partial charge in [-0.3, -0.25) is 0 Å². The molecule has 0 aliphatic carbocycles. The Hall–Kier alpha value is -2.69. The van der Waals surface area contributed by atoms with Crippen molar-refractivity contribution in [3.05, 3.63) is 54.1 Å². The highest BCUT2D eigenvalue weighted by Crippen LogP contribution is 2.25. The lowest BCUT2D eigenvalue weighted by atomic mass is 10.2. The Morgan fingerprint density at radius 1 is 0.913 bits per heavy atom. The molecule has 2 aromatic rings. The van der Waals surface area contributed by atoms with E-state index in [-0.39, 0.29) is 0 Å².